The number of fused-ring (bicyclic) bond motifs is 5. The van der Waals surface area contributed by atoms with Gasteiger partial charge in [-0.3, -0.25) is 9.59 Å². The van der Waals surface area contributed by atoms with E-state index in [0.717, 1.165) is 19.3 Å². The SMILES string of the molecule is CC[C@H]1[C@@H](OC(C)=O)C2C3CC[C@H]([C@H](C)CCCS(=O)(=O)NC(=O)c4ccccc4)[C@@]3(C)CCC2[C@@]2(C)CCCC[C@@H]12. The number of carbonyl (C=O) groups excluding carboxylic acids is 2. The first kappa shape index (κ1) is 31.5. The fourth-order valence-corrected chi connectivity index (χ4v) is 12.0. The topological polar surface area (TPSA) is 89.5 Å². The Balaban J connectivity index is 1.28. The Morgan fingerprint density at radius 1 is 0.976 bits per heavy atom. The van der Waals surface area contributed by atoms with Crippen molar-refractivity contribution in [2.45, 2.75) is 111 Å². The van der Waals surface area contributed by atoms with Gasteiger partial charge in [-0.2, -0.15) is 0 Å². The number of esters is 1. The molecule has 4 fully saturated rings. The molecule has 4 aliphatic carbocycles. The second kappa shape index (κ2) is 12.2. The lowest BCUT2D eigenvalue weighted by Gasteiger charge is -2.64. The molecule has 0 aromatic heterocycles. The van der Waals surface area contributed by atoms with E-state index in [1.165, 1.54) is 44.9 Å². The number of ether oxygens (including phenoxy) is 1. The fraction of sp³-hybridized carbons (Fsp3) is 0.771. The minimum Gasteiger partial charge on any atom is -0.462 e. The average Bonchev–Trinajstić information content (AvgIpc) is 3.30. The summed E-state index contributed by atoms with van der Waals surface area (Å²) in [6.45, 7) is 11.3. The molecule has 0 radical (unpaired) electrons. The molecule has 1 amide bonds. The molecule has 10 atom stereocenters. The summed E-state index contributed by atoms with van der Waals surface area (Å²) in [7, 11) is -3.70. The molecule has 7 heteroatoms. The van der Waals surface area contributed by atoms with Crippen LogP contribution < -0.4 is 4.72 Å². The molecule has 0 aliphatic heterocycles. The second-order valence-corrected chi connectivity index (χ2v) is 16.6. The van der Waals surface area contributed by atoms with Gasteiger partial charge >= 0.3 is 5.97 Å². The summed E-state index contributed by atoms with van der Waals surface area (Å²) in [5.74, 6) is 2.83. The lowest BCUT2D eigenvalue weighted by molar-refractivity contribution is -0.211. The molecular weight excluding hydrogens is 546 g/mol. The van der Waals surface area contributed by atoms with E-state index in [2.05, 4.69) is 32.4 Å². The van der Waals surface area contributed by atoms with Gasteiger partial charge in [-0.1, -0.05) is 58.7 Å². The minimum absolute atomic E-state index is 0.0192. The van der Waals surface area contributed by atoms with Crippen molar-refractivity contribution in [2.24, 2.45) is 52.3 Å². The highest BCUT2D eigenvalue weighted by molar-refractivity contribution is 7.90. The Morgan fingerprint density at radius 2 is 1.69 bits per heavy atom. The number of rotatable bonds is 9. The summed E-state index contributed by atoms with van der Waals surface area (Å²) in [5.41, 5.74) is 0.864. The highest BCUT2D eigenvalue weighted by atomic mass is 32.2. The molecule has 5 rings (SSSR count). The molecule has 234 valence electrons. The maximum Gasteiger partial charge on any atom is 0.302 e. The maximum atomic E-state index is 12.7. The molecule has 1 aromatic carbocycles. The van der Waals surface area contributed by atoms with Crippen molar-refractivity contribution < 1.29 is 22.7 Å². The predicted octanol–water partition coefficient (Wildman–Crippen LogP) is 7.39. The molecule has 1 aromatic rings. The molecular formula is C35H53NO5S. The largest absolute Gasteiger partial charge is 0.462 e. The lowest BCUT2D eigenvalue weighted by atomic mass is 9.41. The molecule has 1 N–H and O–H groups in total. The summed E-state index contributed by atoms with van der Waals surface area (Å²) in [5, 5.41) is 0. The lowest BCUT2D eigenvalue weighted by Crippen LogP contribution is -2.62. The molecule has 42 heavy (non-hydrogen) atoms. The Labute approximate surface area is 254 Å². The number of benzene rings is 1. The van der Waals surface area contributed by atoms with Crippen LogP contribution in [0.5, 0.6) is 0 Å². The van der Waals surface area contributed by atoms with E-state index in [9.17, 15) is 18.0 Å². The van der Waals surface area contributed by atoms with Gasteiger partial charge in [-0.15, -0.1) is 0 Å². The van der Waals surface area contributed by atoms with Crippen LogP contribution >= 0.6 is 0 Å². The van der Waals surface area contributed by atoms with Crippen LogP contribution in [0.25, 0.3) is 0 Å². The number of hydrogen-bond acceptors (Lipinski definition) is 5. The summed E-state index contributed by atoms with van der Waals surface area (Å²) < 4.78 is 34.0. The minimum atomic E-state index is -3.70. The van der Waals surface area contributed by atoms with Crippen LogP contribution in [-0.4, -0.2) is 32.2 Å². The first-order valence-corrected chi connectivity index (χ1v) is 18.3. The van der Waals surface area contributed by atoms with Gasteiger partial charge in [0.25, 0.3) is 5.91 Å². The van der Waals surface area contributed by atoms with Crippen molar-refractivity contribution >= 4 is 21.9 Å². The predicted molar refractivity (Wildman–Crippen MR) is 166 cm³/mol. The van der Waals surface area contributed by atoms with Gasteiger partial charge in [-0.05, 0) is 116 Å². The molecule has 0 bridgehead atoms. The molecule has 0 heterocycles. The van der Waals surface area contributed by atoms with E-state index >= 15 is 0 Å². The zero-order valence-electron chi connectivity index (χ0n) is 26.4. The third-order valence-electron chi connectivity index (χ3n) is 12.7. The number of carbonyl (C=O) groups is 2. The smallest absolute Gasteiger partial charge is 0.302 e. The highest BCUT2D eigenvalue weighted by Crippen LogP contribution is 2.70. The van der Waals surface area contributed by atoms with Crippen molar-refractivity contribution in [3.05, 3.63) is 35.9 Å². The standard InChI is InChI=1S/C35H53NO5S/c1-6-26-28-16-10-11-20-34(28,4)30-19-21-35(5)27(17-18-29(35)31(30)32(26)41-24(3)37)23(2)13-12-22-42(39,40)36-33(38)25-14-8-7-9-15-25/h7-9,14-15,23,26-32H,6,10-13,16-22H2,1-5H3,(H,36,38)/t23-,26-,27-,28+,29?,30?,31?,32-,34+,35-/m1/s1. The molecule has 0 saturated heterocycles. The van der Waals surface area contributed by atoms with Crippen LogP contribution in [0, 0.1) is 52.3 Å². The zero-order valence-corrected chi connectivity index (χ0v) is 27.3. The Bertz CT molecular complexity index is 1230. The van der Waals surface area contributed by atoms with Crippen molar-refractivity contribution in [1.82, 2.24) is 4.72 Å². The molecule has 4 saturated carbocycles. The zero-order chi connectivity index (χ0) is 30.3. The Kier molecular flexibility index (Phi) is 9.19. The second-order valence-electron chi connectivity index (χ2n) is 14.8. The molecule has 4 aliphatic rings. The van der Waals surface area contributed by atoms with E-state index in [0.29, 0.717) is 58.8 Å². The summed E-state index contributed by atoms with van der Waals surface area (Å²) in [6, 6.07) is 8.49. The Hall–Kier alpha value is -1.89. The van der Waals surface area contributed by atoms with Crippen LogP contribution in [0.2, 0.25) is 0 Å². The summed E-state index contributed by atoms with van der Waals surface area (Å²) in [6.07, 6.45) is 12.4. The van der Waals surface area contributed by atoms with E-state index in [4.69, 9.17) is 4.74 Å². The number of nitrogens with one attached hydrogen (secondary N) is 1. The summed E-state index contributed by atoms with van der Waals surface area (Å²) in [4.78, 5) is 24.9. The van der Waals surface area contributed by atoms with Crippen molar-refractivity contribution in [3.8, 4) is 0 Å². The van der Waals surface area contributed by atoms with Crippen LogP contribution in [0.15, 0.2) is 30.3 Å². The third-order valence-corrected chi connectivity index (χ3v) is 14.0. The van der Waals surface area contributed by atoms with Gasteiger partial charge in [0.1, 0.15) is 6.10 Å². The molecule has 6 nitrogen and oxygen atoms in total. The van der Waals surface area contributed by atoms with Gasteiger partial charge in [0.2, 0.25) is 10.0 Å². The van der Waals surface area contributed by atoms with Gasteiger partial charge < -0.3 is 4.74 Å². The van der Waals surface area contributed by atoms with Gasteiger partial charge in [0, 0.05) is 18.4 Å². The van der Waals surface area contributed by atoms with Crippen molar-refractivity contribution in [1.29, 1.82) is 0 Å². The van der Waals surface area contributed by atoms with E-state index in [-0.39, 0.29) is 23.2 Å². The first-order chi connectivity index (χ1) is 19.9. The van der Waals surface area contributed by atoms with E-state index < -0.39 is 15.9 Å². The van der Waals surface area contributed by atoms with Crippen LogP contribution in [0.3, 0.4) is 0 Å². The Morgan fingerprint density at radius 3 is 2.38 bits per heavy atom. The quantitative estimate of drug-likeness (QED) is 0.299. The number of sulfonamides is 1. The normalized spacial score (nSPS) is 38.5. The van der Waals surface area contributed by atoms with E-state index in [1.807, 2.05) is 0 Å². The average molecular weight is 600 g/mol. The van der Waals surface area contributed by atoms with E-state index in [1.54, 1.807) is 37.3 Å². The monoisotopic (exact) mass is 599 g/mol. The van der Waals surface area contributed by atoms with Crippen LogP contribution in [0.4, 0.5) is 0 Å². The fourth-order valence-electron chi connectivity index (χ4n) is 11.0. The van der Waals surface area contributed by atoms with Gasteiger partial charge in [-0.25, -0.2) is 13.1 Å². The highest BCUT2D eigenvalue weighted by Gasteiger charge is 2.65. The molecule has 3 unspecified atom stereocenters. The number of amides is 1. The third kappa shape index (κ3) is 5.80. The maximum absolute atomic E-state index is 12.7. The van der Waals surface area contributed by atoms with Crippen molar-refractivity contribution in [2.75, 3.05) is 5.75 Å². The summed E-state index contributed by atoms with van der Waals surface area (Å²) >= 11 is 0. The first-order valence-electron chi connectivity index (χ1n) is 16.7. The van der Waals surface area contributed by atoms with Crippen molar-refractivity contribution in [3.63, 3.8) is 0 Å². The molecule has 0 spiro atoms. The van der Waals surface area contributed by atoms with Gasteiger partial charge in [0.15, 0.2) is 0 Å². The van der Waals surface area contributed by atoms with Crippen LogP contribution in [-0.2, 0) is 19.6 Å². The van der Waals surface area contributed by atoms with Crippen LogP contribution in [0.1, 0.15) is 116 Å². The number of hydrogen-bond donors (Lipinski definition) is 1. The van der Waals surface area contributed by atoms with Gasteiger partial charge in [0.05, 0.1) is 5.75 Å².